The molecule has 2 rings (SSSR count). The van der Waals surface area contributed by atoms with Gasteiger partial charge in [-0.2, -0.15) is 0 Å². The van der Waals surface area contributed by atoms with Crippen LogP contribution in [0.4, 0.5) is 0 Å². The lowest BCUT2D eigenvalue weighted by molar-refractivity contribution is 0.275. The average Bonchev–Trinajstić information content (AvgIpc) is 3.11. The molecule has 4 heteroatoms. The van der Waals surface area contributed by atoms with Gasteiger partial charge >= 0.3 is 0 Å². The molecule has 0 aliphatic heterocycles. The SMILES string of the molecule is CCOc1ccccc1OCCNC1CC1.Cl. The Bertz CT molecular complexity index is 329. The van der Waals surface area contributed by atoms with Crippen molar-refractivity contribution in [3.8, 4) is 11.5 Å². The van der Waals surface area contributed by atoms with Crippen LogP contribution in [0.25, 0.3) is 0 Å². The van der Waals surface area contributed by atoms with Crippen molar-refractivity contribution in [3.05, 3.63) is 24.3 Å². The number of hydrogen-bond acceptors (Lipinski definition) is 3. The summed E-state index contributed by atoms with van der Waals surface area (Å²) in [4.78, 5) is 0. The molecule has 1 aliphatic rings. The van der Waals surface area contributed by atoms with Gasteiger partial charge in [-0.25, -0.2) is 0 Å². The third-order valence-electron chi connectivity index (χ3n) is 2.52. The van der Waals surface area contributed by atoms with Gasteiger partial charge in [0.2, 0.25) is 0 Å². The van der Waals surface area contributed by atoms with Crippen LogP contribution in [0.3, 0.4) is 0 Å². The Hall–Kier alpha value is -0.930. The van der Waals surface area contributed by atoms with E-state index in [9.17, 15) is 0 Å². The maximum atomic E-state index is 5.68. The Balaban J connectivity index is 0.00000144. The molecule has 0 heterocycles. The van der Waals surface area contributed by atoms with Crippen molar-refractivity contribution in [2.45, 2.75) is 25.8 Å². The van der Waals surface area contributed by atoms with Crippen molar-refractivity contribution in [1.29, 1.82) is 0 Å². The van der Waals surface area contributed by atoms with E-state index in [-0.39, 0.29) is 12.4 Å². The van der Waals surface area contributed by atoms with Crippen LogP contribution in [0.2, 0.25) is 0 Å². The van der Waals surface area contributed by atoms with Gasteiger partial charge in [-0.1, -0.05) is 12.1 Å². The lowest BCUT2D eigenvalue weighted by atomic mass is 10.3. The number of rotatable bonds is 7. The predicted octanol–water partition coefficient (Wildman–Crippen LogP) is 2.64. The van der Waals surface area contributed by atoms with Gasteiger partial charge in [-0.05, 0) is 31.9 Å². The summed E-state index contributed by atoms with van der Waals surface area (Å²) in [5.41, 5.74) is 0. The fraction of sp³-hybridized carbons (Fsp3) is 0.538. The van der Waals surface area contributed by atoms with Gasteiger partial charge in [-0.15, -0.1) is 12.4 Å². The summed E-state index contributed by atoms with van der Waals surface area (Å²) in [6, 6.07) is 8.55. The Morgan fingerprint density at radius 3 is 2.41 bits per heavy atom. The van der Waals surface area contributed by atoms with Crippen LogP contribution in [0.1, 0.15) is 19.8 Å². The first-order chi connectivity index (χ1) is 7.90. The number of halogens is 1. The third kappa shape index (κ3) is 4.84. The molecule has 1 aromatic carbocycles. The second kappa shape index (κ2) is 7.41. The van der Waals surface area contributed by atoms with Crippen LogP contribution in [0.5, 0.6) is 11.5 Å². The molecule has 3 nitrogen and oxygen atoms in total. The molecule has 0 bridgehead atoms. The number of para-hydroxylation sites is 2. The zero-order valence-electron chi connectivity index (χ0n) is 10.1. The number of ether oxygens (including phenoxy) is 2. The maximum absolute atomic E-state index is 5.68. The van der Waals surface area contributed by atoms with Crippen LogP contribution >= 0.6 is 12.4 Å². The minimum Gasteiger partial charge on any atom is -0.490 e. The number of nitrogens with one attached hydrogen (secondary N) is 1. The van der Waals surface area contributed by atoms with E-state index in [2.05, 4.69) is 5.32 Å². The van der Waals surface area contributed by atoms with Crippen molar-refractivity contribution < 1.29 is 9.47 Å². The minimum atomic E-state index is 0. The van der Waals surface area contributed by atoms with Gasteiger partial charge in [-0.3, -0.25) is 0 Å². The van der Waals surface area contributed by atoms with Crippen LogP contribution < -0.4 is 14.8 Å². The molecule has 17 heavy (non-hydrogen) atoms. The van der Waals surface area contributed by atoms with Crippen molar-refractivity contribution in [3.63, 3.8) is 0 Å². The fourth-order valence-electron chi connectivity index (χ4n) is 1.56. The number of hydrogen-bond donors (Lipinski definition) is 1. The normalized spacial score (nSPS) is 13.9. The molecule has 1 fully saturated rings. The summed E-state index contributed by atoms with van der Waals surface area (Å²) >= 11 is 0. The van der Waals surface area contributed by atoms with E-state index in [1.54, 1.807) is 0 Å². The molecule has 1 saturated carbocycles. The molecule has 96 valence electrons. The highest BCUT2D eigenvalue weighted by Gasteiger charge is 2.19. The Labute approximate surface area is 109 Å². The standard InChI is InChI=1S/C13H19NO2.ClH/c1-2-15-12-5-3-4-6-13(12)16-10-9-14-11-7-8-11;/h3-6,11,14H,2,7-10H2,1H3;1H. The first-order valence-electron chi connectivity index (χ1n) is 5.98. The first-order valence-corrected chi connectivity index (χ1v) is 5.98. The van der Waals surface area contributed by atoms with E-state index in [0.29, 0.717) is 13.2 Å². The molecule has 1 N–H and O–H groups in total. The molecular weight excluding hydrogens is 238 g/mol. The van der Waals surface area contributed by atoms with Crippen molar-refractivity contribution in [2.75, 3.05) is 19.8 Å². The van der Waals surface area contributed by atoms with E-state index < -0.39 is 0 Å². The summed E-state index contributed by atoms with van der Waals surface area (Å²) in [6.45, 7) is 4.25. The van der Waals surface area contributed by atoms with Gasteiger partial charge < -0.3 is 14.8 Å². The molecule has 0 spiro atoms. The Kier molecular flexibility index (Phi) is 6.16. The van der Waals surface area contributed by atoms with Gasteiger partial charge in [0.05, 0.1) is 6.61 Å². The summed E-state index contributed by atoms with van der Waals surface area (Å²) in [6.07, 6.45) is 2.63. The highest BCUT2D eigenvalue weighted by atomic mass is 35.5. The third-order valence-corrected chi connectivity index (χ3v) is 2.52. The van der Waals surface area contributed by atoms with Crippen molar-refractivity contribution >= 4 is 12.4 Å². The summed E-state index contributed by atoms with van der Waals surface area (Å²) in [5, 5.41) is 3.41. The molecule has 0 amide bonds. The van der Waals surface area contributed by atoms with Crippen molar-refractivity contribution in [2.24, 2.45) is 0 Å². The van der Waals surface area contributed by atoms with Gasteiger partial charge in [0.1, 0.15) is 6.61 Å². The quantitative estimate of drug-likeness (QED) is 0.762. The van der Waals surface area contributed by atoms with E-state index in [1.165, 1.54) is 12.8 Å². The van der Waals surface area contributed by atoms with Gasteiger partial charge in [0.25, 0.3) is 0 Å². The second-order valence-corrected chi connectivity index (χ2v) is 3.96. The molecule has 0 atom stereocenters. The van der Waals surface area contributed by atoms with Crippen LogP contribution in [0, 0.1) is 0 Å². The zero-order chi connectivity index (χ0) is 11.2. The Morgan fingerprint density at radius 1 is 1.18 bits per heavy atom. The molecule has 0 unspecified atom stereocenters. The van der Waals surface area contributed by atoms with E-state index in [0.717, 1.165) is 24.1 Å². The molecule has 0 saturated heterocycles. The van der Waals surface area contributed by atoms with Gasteiger partial charge in [0.15, 0.2) is 11.5 Å². The molecule has 1 aromatic rings. The first kappa shape index (κ1) is 14.1. The lowest BCUT2D eigenvalue weighted by Crippen LogP contribution is -2.22. The smallest absolute Gasteiger partial charge is 0.161 e. The number of benzene rings is 1. The van der Waals surface area contributed by atoms with Crippen LogP contribution in [0.15, 0.2) is 24.3 Å². The monoisotopic (exact) mass is 257 g/mol. The average molecular weight is 258 g/mol. The highest BCUT2D eigenvalue weighted by molar-refractivity contribution is 5.85. The fourth-order valence-corrected chi connectivity index (χ4v) is 1.56. The molecular formula is C13H20ClNO2. The Morgan fingerprint density at radius 2 is 1.82 bits per heavy atom. The summed E-state index contributed by atoms with van der Waals surface area (Å²) in [5.74, 6) is 1.67. The zero-order valence-corrected chi connectivity index (χ0v) is 11.0. The van der Waals surface area contributed by atoms with E-state index >= 15 is 0 Å². The largest absolute Gasteiger partial charge is 0.490 e. The van der Waals surface area contributed by atoms with Gasteiger partial charge in [0, 0.05) is 12.6 Å². The van der Waals surface area contributed by atoms with E-state index in [1.807, 2.05) is 31.2 Å². The summed E-state index contributed by atoms with van der Waals surface area (Å²) in [7, 11) is 0. The topological polar surface area (TPSA) is 30.5 Å². The van der Waals surface area contributed by atoms with E-state index in [4.69, 9.17) is 9.47 Å². The van der Waals surface area contributed by atoms with Crippen LogP contribution in [-0.4, -0.2) is 25.8 Å². The van der Waals surface area contributed by atoms with Crippen molar-refractivity contribution in [1.82, 2.24) is 5.32 Å². The molecule has 0 aromatic heterocycles. The van der Waals surface area contributed by atoms with Crippen LogP contribution in [-0.2, 0) is 0 Å². The predicted molar refractivity (Wildman–Crippen MR) is 71.4 cm³/mol. The second-order valence-electron chi connectivity index (χ2n) is 3.96. The minimum absolute atomic E-state index is 0. The lowest BCUT2D eigenvalue weighted by Gasteiger charge is -2.11. The molecule has 1 aliphatic carbocycles. The highest BCUT2D eigenvalue weighted by Crippen LogP contribution is 2.26. The summed E-state index contributed by atoms with van der Waals surface area (Å²) < 4.78 is 11.2. The molecule has 0 radical (unpaired) electrons. The maximum Gasteiger partial charge on any atom is 0.161 e.